The molecule has 3 unspecified atom stereocenters. The third-order valence-corrected chi connectivity index (χ3v) is 6.71. The Bertz CT molecular complexity index is 732. The summed E-state index contributed by atoms with van der Waals surface area (Å²) >= 11 is 0. The highest BCUT2D eigenvalue weighted by Crippen LogP contribution is 2.09. The number of unbranched alkanes of at least 4 members (excludes halogenated alkanes) is 11. The Kier molecular flexibility index (Phi) is 21.8. The van der Waals surface area contributed by atoms with Gasteiger partial charge in [-0.3, -0.25) is 9.35 Å². The molecule has 0 fully saturated rings. The monoisotopic (exact) mass is 529 g/mol. The molecule has 4 N–H and O–H groups in total. The molecule has 210 valence electrons. The average molecular weight is 530 g/mol. The van der Waals surface area contributed by atoms with Crippen molar-refractivity contribution in [2.45, 2.75) is 128 Å². The van der Waals surface area contributed by atoms with Crippen molar-refractivity contribution in [1.82, 2.24) is 5.32 Å². The molecule has 0 aliphatic rings. The fourth-order valence-electron chi connectivity index (χ4n) is 3.73. The summed E-state index contributed by atoms with van der Waals surface area (Å²) < 4.78 is 31.9. The second-order valence-electron chi connectivity index (χ2n) is 9.47. The van der Waals surface area contributed by atoms with Gasteiger partial charge in [0.25, 0.3) is 10.1 Å². The summed E-state index contributed by atoms with van der Waals surface area (Å²) in [5, 5.41) is 22.8. The van der Waals surface area contributed by atoms with Crippen molar-refractivity contribution in [1.29, 1.82) is 0 Å². The minimum atomic E-state index is -4.44. The van der Waals surface area contributed by atoms with Crippen LogP contribution < -0.4 is 5.32 Å². The van der Waals surface area contributed by atoms with Crippen molar-refractivity contribution in [2.24, 2.45) is 0 Å². The van der Waals surface area contributed by atoms with E-state index in [1.807, 2.05) is 6.08 Å². The molecule has 0 aliphatic heterocycles. The van der Waals surface area contributed by atoms with Crippen LogP contribution in [0.5, 0.6) is 0 Å². The van der Waals surface area contributed by atoms with Gasteiger partial charge in [0.05, 0.1) is 17.9 Å². The van der Waals surface area contributed by atoms with Crippen LogP contribution in [0.4, 0.5) is 0 Å². The smallest absolute Gasteiger partial charge is 0.267 e. The van der Waals surface area contributed by atoms with Crippen LogP contribution in [-0.4, -0.2) is 53.1 Å². The standard InChI is InChI=1S/C28H51NO6S/c1-3-5-7-9-11-12-13-14-15-17-19-21-23-27(31)28(32)29-25(24-36(33,34)35)26(30)22-20-18-16-10-8-6-4-2/h14-15,19-22,25-27,30-31H,3-13,16-18,23-24H2,1-2H3,(H,29,32)(H,33,34,35)/b15-14-,21-19-,22-20+. The average Bonchev–Trinajstić information content (AvgIpc) is 2.82. The minimum absolute atomic E-state index is 0.0688. The summed E-state index contributed by atoms with van der Waals surface area (Å²) in [6.07, 6.45) is 24.0. The lowest BCUT2D eigenvalue weighted by molar-refractivity contribution is -0.130. The van der Waals surface area contributed by atoms with E-state index in [1.165, 1.54) is 51.0 Å². The zero-order chi connectivity index (χ0) is 27.1. The van der Waals surface area contributed by atoms with E-state index in [0.29, 0.717) is 6.42 Å². The Morgan fingerprint density at radius 3 is 1.89 bits per heavy atom. The van der Waals surface area contributed by atoms with Crippen LogP contribution in [0.1, 0.15) is 110 Å². The van der Waals surface area contributed by atoms with E-state index in [1.54, 1.807) is 12.2 Å². The van der Waals surface area contributed by atoms with Crippen LogP contribution in [0.2, 0.25) is 0 Å². The number of amides is 1. The van der Waals surface area contributed by atoms with Gasteiger partial charge < -0.3 is 15.5 Å². The van der Waals surface area contributed by atoms with E-state index in [4.69, 9.17) is 0 Å². The number of hydrogen-bond donors (Lipinski definition) is 4. The molecule has 0 aromatic rings. The van der Waals surface area contributed by atoms with E-state index >= 15 is 0 Å². The number of hydrogen-bond acceptors (Lipinski definition) is 5. The quantitative estimate of drug-likeness (QED) is 0.0771. The molecule has 0 aromatic heterocycles. The highest BCUT2D eigenvalue weighted by molar-refractivity contribution is 7.85. The van der Waals surface area contributed by atoms with Crippen LogP contribution in [0, 0.1) is 0 Å². The second-order valence-corrected chi connectivity index (χ2v) is 11.0. The van der Waals surface area contributed by atoms with Crippen molar-refractivity contribution in [3.05, 3.63) is 36.5 Å². The zero-order valence-electron chi connectivity index (χ0n) is 22.5. The Morgan fingerprint density at radius 1 is 0.778 bits per heavy atom. The summed E-state index contributed by atoms with van der Waals surface area (Å²) in [6, 6.07) is -1.26. The first kappa shape index (κ1) is 34.5. The maximum atomic E-state index is 12.3. The summed E-state index contributed by atoms with van der Waals surface area (Å²) in [5.74, 6) is -1.63. The molecule has 0 heterocycles. The Labute approximate surface area is 219 Å². The van der Waals surface area contributed by atoms with E-state index in [9.17, 15) is 28.0 Å². The molecule has 1 amide bonds. The topological polar surface area (TPSA) is 124 Å². The summed E-state index contributed by atoms with van der Waals surface area (Å²) in [5.41, 5.74) is 0. The molecule has 36 heavy (non-hydrogen) atoms. The predicted octanol–water partition coefficient (Wildman–Crippen LogP) is 5.64. The van der Waals surface area contributed by atoms with Crippen molar-refractivity contribution in [3.63, 3.8) is 0 Å². The SMILES string of the molecule is CCCCCCC/C=C/C(O)C(CS(=O)(=O)O)NC(=O)C(O)C/C=C\C/C=C\CCCCCCCC. The predicted molar refractivity (Wildman–Crippen MR) is 148 cm³/mol. The molecule has 0 aliphatic carbocycles. The Morgan fingerprint density at radius 2 is 1.31 bits per heavy atom. The third kappa shape index (κ3) is 21.8. The first-order valence-electron chi connectivity index (χ1n) is 13.8. The van der Waals surface area contributed by atoms with Gasteiger partial charge in [-0.1, -0.05) is 108 Å². The van der Waals surface area contributed by atoms with Gasteiger partial charge in [-0.05, 0) is 32.1 Å². The van der Waals surface area contributed by atoms with Gasteiger partial charge >= 0.3 is 0 Å². The second kappa shape index (κ2) is 22.7. The molecular weight excluding hydrogens is 478 g/mol. The molecule has 0 bridgehead atoms. The molecule has 0 spiro atoms. The first-order chi connectivity index (χ1) is 17.2. The van der Waals surface area contributed by atoms with Crippen LogP contribution in [-0.2, 0) is 14.9 Å². The Hall–Kier alpha value is -1.48. The molecule has 0 aromatic carbocycles. The van der Waals surface area contributed by atoms with Gasteiger partial charge in [0.15, 0.2) is 0 Å². The van der Waals surface area contributed by atoms with E-state index in [2.05, 4.69) is 31.3 Å². The van der Waals surface area contributed by atoms with Crippen molar-refractivity contribution in [2.75, 3.05) is 5.75 Å². The molecule has 0 rings (SSSR count). The normalized spacial score (nSPS) is 15.1. The third-order valence-electron chi connectivity index (χ3n) is 5.93. The number of nitrogens with one attached hydrogen (secondary N) is 1. The zero-order valence-corrected chi connectivity index (χ0v) is 23.3. The molecule has 0 radical (unpaired) electrons. The number of allylic oxidation sites excluding steroid dienone is 4. The molecule has 0 saturated heterocycles. The van der Waals surface area contributed by atoms with Gasteiger partial charge in [0.2, 0.25) is 5.91 Å². The molecular formula is C28H51NO6S. The van der Waals surface area contributed by atoms with Gasteiger partial charge in [0, 0.05) is 6.42 Å². The van der Waals surface area contributed by atoms with Crippen molar-refractivity contribution >= 4 is 16.0 Å². The Balaban J connectivity index is 4.43. The lowest BCUT2D eigenvalue weighted by Gasteiger charge is -2.22. The van der Waals surface area contributed by atoms with Gasteiger partial charge in [-0.25, -0.2) is 0 Å². The fraction of sp³-hybridized carbons (Fsp3) is 0.750. The number of carbonyl (C=O) groups excluding carboxylic acids is 1. The maximum Gasteiger partial charge on any atom is 0.267 e. The van der Waals surface area contributed by atoms with E-state index in [0.717, 1.165) is 38.5 Å². The minimum Gasteiger partial charge on any atom is -0.387 e. The lowest BCUT2D eigenvalue weighted by Crippen LogP contribution is -2.50. The maximum absolute atomic E-state index is 12.3. The molecule has 0 saturated carbocycles. The highest BCUT2D eigenvalue weighted by atomic mass is 32.2. The van der Waals surface area contributed by atoms with Crippen LogP contribution in [0.25, 0.3) is 0 Å². The first-order valence-corrected chi connectivity index (χ1v) is 15.4. The molecule has 8 heteroatoms. The fourth-order valence-corrected chi connectivity index (χ4v) is 4.46. The van der Waals surface area contributed by atoms with Gasteiger partial charge in [-0.2, -0.15) is 8.42 Å². The number of aliphatic hydroxyl groups is 2. The van der Waals surface area contributed by atoms with Crippen LogP contribution in [0.15, 0.2) is 36.5 Å². The van der Waals surface area contributed by atoms with Crippen LogP contribution in [0.3, 0.4) is 0 Å². The summed E-state index contributed by atoms with van der Waals surface area (Å²) in [4.78, 5) is 12.3. The van der Waals surface area contributed by atoms with Crippen molar-refractivity contribution in [3.8, 4) is 0 Å². The number of carbonyl (C=O) groups is 1. The molecule has 3 atom stereocenters. The number of aliphatic hydroxyl groups excluding tert-OH is 2. The van der Waals surface area contributed by atoms with Crippen LogP contribution >= 0.6 is 0 Å². The van der Waals surface area contributed by atoms with E-state index < -0.39 is 40.0 Å². The van der Waals surface area contributed by atoms with Gasteiger partial charge in [-0.15, -0.1) is 0 Å². The summed E-state index contributed by atoms with van der Waals surface area (Å²) in [6.45, 7) is 4.35. The summed E-state index contributed by atoms with van der Waals surface area (Å²) in [7, 11) is -4.44. The largest absolute Gasteiger partial charge is 0.387 e. The molecule has 7 nitrogen and oxygen atoms in total. The number of rotatable bonds is 23. The highest BCUT2D eigenvalue weighted by Gasteiger charge is 2.27. The van der Waals surface area contributed by atoms with Gasteiger partial charge in [0.1, 0.15) is 6.10 Å². The van der Waals surface area contributed by atoms with E-state index in [-0.39, 0.29) is 6.42 Å². The lowest BCUT2D eigenvalue weighted by atomic mass is 10.1. The van der Waals surface area contributed by atoms with Crippen molar-refractivity contribution < 1.29 is 28.0 Å².